The highest BCUT2D eigenvalue weighted by Crippen LogP contribution is 2.36. The topological polar surface area (TPSA) is 52.6 Å². The lowest BCUT2D eigenvalue weighted by atomic mass is 10.00. The lowest BCUT2D eigenvalue weighted by Crippen LogP contribution is -2.54. The van der Waals surface area contributed by atoms with Crippen molar-refractivity contribution in [2.75, 3.05) is 22.9 Å². The highest BCUT2D eigenvalue weighted by atomic mass is 19.4. The Morgan fingerprint density at radius 2 is 1.72 bits per heavy atom. The number of aryl methyl sites for hydroxylation is 1. The minimum Gasteiger partial charge on any atom is -0.369 e. The van der Waals surface area contributed by atoms with Crippen LogP contribution in [-0.4, -0.2) is 40.0 Å². The Kier molecular flexibility index (Phi) is 6.27. The number of carbonyl (C=O) groups excluding carboxylic acids is 1. The fourth-order valence-corrected chi connectivity index (χ4v) is 5.13. The van der Waals surface area contributed by atoms with E-state index >= 15 is 0 Å². The highest BCUT2D eigenvalue weighted by molar-refractivity contribution is 5.93. The number of halogens is 4. The smallest absolute Gasteiger partial charge is 0.369 e. The quantitative estimate of drug-likeness (QED) is 0.442. The van der Waals surface area contributed by atoms with E-state index < -0.39 is 17.8 Å². The van der Waals surface area contributed by atoms with Crippen molar-refractivity contribution in [3.63, 3.8) is 0 Å². The van der Waals surface area contributed by atoms with Crippen molar-refractivity contribution in [3.8, 4) is 0 Å². The Labute approximate surface area is 206 Å². The summed E-state index contributed by atoms with van der Waals surface area (Å²) in [5, 5.41) is 0. The molecule has 0 aliphatic carbocycles. The lowest BCUT2D eigenvalue weighted by Gasteiger charge is -2.43. The standard InChI is InChI=1S/C26H25F4N5O/c1-17-5-4-8-21(27)23(17)33-13-9-19(10-14-33)34-16-22-24(32-12-11-31-22)35(25(34)36)15-18-6-2-3-7-20(18)26(28,29)30/h2-8,11-12,19H,9-10,13-16H2,1H3. The third-order valence-electron chi connectivity index (χ3n) is 6.87. The minimum absolute atomic E-state index is 0.0124. The van der Waals surface area contributed by atoms with Gasteiger partial charge in [-0.1, -0.05) is 30.3 Å². The van der Waals surface area contributed by atoms with Crippen LogP contribution in [0.25, 0.3) is 0 Å². The van der Waals surface area contributed by atoms with Crippen molar-refractivity contribution in [2.45, 2.75) is 45.1 Å². The number of carbonyl (C=O) groups is 1. The van der Waals surface area contributed by atoms with Gasteiger partial charge in [-0.25, -0.2) is 14.2 Å². The molecule has 6 nitrogen and oxygen atoms in total. The average molecular weight is 500 g/mol. The molecule has 1 fully saturated rings. The Morgan fingerprint density at radius 3 is 2.44 bits per heavy atom. The molecular weight excluding hydrogens is 474 g/mol. The summed E-state index contributed by atoms with van der Waals surface area (Å²) < 4.78 is 55.4. The number of alkyl halides is 3. The molecule has 5 rings (SSSR count). The van der Waals surface area contributed by atoms with Crippen LogP contribution in [0.1, 0.15) is 35.2 Å². The summed E-state index contributed by atoms with van der Waals surface area (Å²) in [5.41, 5.74) is 1.16. The van der Waals surface area contributed by atoms with Crippen LogP contribution in [0.4, 0.5) is 33.9 Å². The van der Waals surface area contributed by atoms with E-state index in [0.29, 0.717) is 37.3 Å². The minimum atomic E-state index is -4.54. The Balaban J connectivity index is 1.39. The first kappa shape index (κ1) is 24.0. The number of urea groups is 1. The third kappa shape index (κ3) is 4.47. The first-order valence-corrected chi connectivity index (χ1v) is 11.8. The number of hydrogen-bond acceptors (Lipinski definition) is 4. The van der Waals surface area contributed by atoms with Gasteiger partial charge in [0.15, 0.2) is 5.82 Å². The second-order valence-electron chi connectivity index (χ2n) is 9.10. The molecule has 0 unspecified atom stereocenters. The molecule has 2 aromatic carbocycles. The number of nitrogens with zero attached hydrogens (tertiary/aromatic N) is 5. The van der Waals surface area contributed by atoms with E-state index in [2.05, 4.69) is 9.97 Å². The van der Waals surface area contributed by atoms with Gasteiger partial charge in [0, 0.05) is 31.5 Å². The average Bonchev–Trinajstić information content (AvgIpc) is 2.86. The molecule has 188 valence electrons. The van der Waals surface area contributed by atoms with Crippen LogP contribution >= 0.6 is 0 Å². The molecule has 0 spiro atoms. The number of para-hydroxylation sites is 1. The molecule has 3 heterocycles. The number of hydrogen-bond donors (Lipinski definition) is 0. The van der Waals surface area contributed by atoms with E-state index in [1.165, 1.54) is 41.6 Å². The molecule has 0 bridgehead atoms. The normalized spacial score (nSPS) is 16.9. The van der Waals surface area contributed by atoms with Gasteiger partial charge >= 0.3 is 12.2 Å². The molecule has 1 saturated heterocycles. The van der Waals surface area contributed by atoms with E-state index in [4.69, 9.17) is 0 Å². The molecule has 0 N–H and O–H groups in total. The number of rotatable bonds is 4. The summed E-state index contributed by atoms with van der Waals surface area (Å²) >= 11 is 0. The predicted molar refractivity (Wildman–Crippen MR) is 127 cm³/mol. The van der Waals surface area contributed by atoms with Gasteiger partial charge in [0.05, 0.1) is 24.3 Å². The van der Waals surface area contributed by atoms with Gasteiger partial charge < -0.3 is 9.80 Å². The van der Waals surface area contributed by atoms with Gasteiger partial charge in [-0.3, -0.25) is 9.88 Å². The van der Waals surface area contributed by atoms with Gasteiger partial charge in [-0.05, 0) is 43.0 Å². The molecule has 2 amide bonds. The summed E-state index contributed by atoms with van der Waals surface area (Å²) in [5.74, 6) is -0.00338. The predicted octanol–water partition coefficient (Wildman–Crippen LogP) is 5.55. The SMILES string of the molecule is Cc1cccc(F)c1N1CCC(N2Cc3nccnc3N(Cc3ccccc3C(F)(F)F)C2=O)CC1. The maximum Gasteiger partial charge on any atom is 0.416 e. The molecule has 0 atom stereocenters. The largest absolute Gasteiger partial charge is 0.416 e. The summed E-state index contributed by atoms with van der Waals surface area (Å²) in [7, 11) is 0. The summed E-state index contributed by atoms with van der Waals surface area (Å²) in [6.45, 7) is 2.93. The van der Waals surface area contributed by atoms with E-state index in [-0.39, 0.29) is 36.3 Å². The second-order valence-corrected chi connectivity index (χ2v) is 9.10. The van der Waals surface area contributed by atoms with Crippen molar-refractivity contribution < 1.29 is 22.4 Å². The number of benzene rings is 2. The van der Waals surface area contributed by atoms with Crippen LogP contribution in [0.5, 0.6) is 0 Å². The molecule has 0 saturated carbocycles. The summed E-state index contributed by atoms with van der Waals surface area (Å²) in [4.78, 5) is 27.2. The molecule has 3 aromatic rings. The Morgan fingerprint density at radius 1 is 1.00 bits per heavy atom. The molecule has 2 aliphatic rings. The van der Waals surface area contributed by atoms with Crippen LogP contribution in [0.3, 0.4) is 0 Å². The van der Waals surface area contributed by atoms with Crippen LogP contribution < -0.4 is 9.80 Å². The first-order chi connectivity index (χ1) is 17.2. The zero-order valence-corrected chi connectivity index (χ0v) is 19.7. The summed E-state index contributed by atoms with van der Waals surface area (Å²) in [6, 6.07) is 9.66. The first-order valence-electron chi connectivity index (χ1n) is 11.8. The van der Waals surface area contributed by atoms with E-state index in [9.17, 15) is 22.4 Å². The van der Waals surface area contributed by atoms with Crippen LogP contribution in [-0.2, 0) is 19.3 Å². The monoisotopic (exact) mass is 499 g/mol. The number of aromatic nitrogens is 2. The number of piperidine rings is 1. The fourth-order valence-electron chi connectivity index (χ4n) is 5.13. The molecule has 2 aliphatic heterocycles. The van der Waals surface area contributed by atoms with Crippen molar-refractivity contribution in [2.24, 2.45) is 0 Å². The van der Waals surface area contributed by atoms with Crippen molar-refractivity contribution in [1.82, 2.24) is 14.9 Å². The molecule has 10 heteroatoms. The Bertz CT molecular complexity index is 1250. The van der Waals surface area contributed by atoms with E-state index in [1.54, 1.807) is 11.0 Å². The number of amides is 2. The lowest BCUT2D eigenvalue weighted by molar-refractivity contribution is -0.138. The zero-order valence-electron chi connectivity index (χ0n) is 19.7. The van der Waals surface area contributed by atoms with Crippen LogP contribution in [0.2, 0.25) is 0 Å². The van der Waals surface area contributed by atoms with Crippen molar-refractivity contribution >= 4 is 17.5 Å². The summed E-state index contributed by atoms with van der Waals surface area (Å²) in [6.07, 6.45) is -0.403. The molecule has 36 heavy (non-hydrogen) atoms. The zero-order chi connectivity index (χ0) is 25.4. The maximum atomic E-state index is 14.5. The molecular formula is C26H25F4N5O. The molecule has 0 radical (unpaired) electrons. The van der Waals surface area contributed by atoms with E-state index in [0.717, 1.165) is 11.6 Å². The van der Waals surface area contributed by atoms with E-state index in [1.807, 2.05) is 17.9 Å². The fraction of sp³-hybridized carbons (Fsp3) is 0.346. The van der Waals surface area contributed by atoms with Gasteiger partial charge in [-0.2, -0.15) is 13.2 Å². The van der Waals surface area contributed by atoms with Gasteiger partial charge in [0.25, 0.3) is 0 Å². The third-order valence-corrected chi connectivity index (χ3v) is 6.87. The second kappa shape index (κ2) is 9.40. The van der Waals surface area contributed by atoms with Gasteiger partial charge in [0.1, 0.15) is 11.5 Å². The van der Waals surface area contributed by atoms with Crippen LogP contribution in [0.15, 0.2) is 54.9 Å². The molecule has 1 aromatic heterocycles. The maximum absolute atomic E-state index is 14.5. The van der Waals surface area contributed by atoms with Crippen LogP contribution in [0, 0.1) is 12.7 Å². The Hall–Kier alpha value is -3.69. The van der Waals surface area contributed by atoms with Gasteiger partial charge in [-0.15, -0.1) is 0 Å². The van der Waals surface area contributed by atoms with Gasteiger partial charge in [0.2, 0.25) is 0 Å². The number of anilines is 2. The number of fused-ring (bicyclic) bond motifs is 1. The highest BCUT2D eigenvalue weighted by Gasteiger charge is 2.39. The van der Waals surface area contributed by atoms with Crippen molar-refractivity contribution in [3.05, 3.63) is 83.1 Å². The van der Waals surface area contributed by atoms with Crippen molar-refractivity contribution in [1.29, 1.82) is 0 Å².